The Morgan fingerprint density at radius 1 is 0.660 bits per heavy atom. The quantitative estimate of drug-likeness (QED) is 0.102. The average Bonchev–Trinajstić information content (AvgIpc) is 3.59. The third-order valence-corrected chi connectivity index (χ3v) is 9.80. The zero-order valence-corrected chi connectivity index (χ0v) is 30.7. The third kappa shape index (κ3) is 10.8. The van der Waals surface area contributed by atoms with Gasteiger partial charge in [0.05, 0.1) is 45.2 Å². The van der Waals surface area contributed by atoms with Gasteiger partial charge in [-0.15, -0.1) is 0 Å². The second-order valence-corrected chi connectivity index (χ2v) is 14.0. The molecule has 53 heavy (non-hydrogen) atoms. The SMILES string of the molecule is CC(C)[C@H]1COC(=O)N1C(=O)CCC[C@@H]1O[C@H](COCc2ccccc2)[C@H](OCc2ccccc2)[C@H](OCc2ccccc2)[C@H]1OCc1ccccc1. The molecule has 0 radical (unpaired) electrons. The van der Waals surface area contributed by atoms with Gasteiger partial charge in [0, 0.05) is 6.42 Å². The minimum Gasteiger partial charge on any atom is -0.447 e. The number of amides is 2. The van der Waals surface area contributed by atoms with Crippen molar-refractivity contribution in [1.82, 2.24) is 4.90 Å². The molecule has 0 aliphatic carbocycles. The molecule has 4 aromatic carbocycles. The van der Waals surface area contributed by atoms with Crippen LogP contribution in [0.3, 0.4) is 0 Å². The lowest BCUT2D eigenvalue weighted by Crippen LogP contribution is -2.61. The van der Waals surface area contributed by atoms with E-state index in [1.165, 1.54) is 4.90 Å². The Bertz CT molecular complexity index is 1670. The first-order valence-corrected chi connectivity index (χ1v) is 18.7. The number of nitrogens with zero attached hydrogens (tertiary/aromatic N) is 1. The number of hydrogen-bond acceptors (Lipinski definition) is 8. The molecule has 0 N–H and O–H groups in total. The van der Waals surface area contributed by atoms with Crippen molar-refractivity contribution in [2.75, 3.05) is 13.2 Å². The fourth-order valence-corrected chi connectivity index (χ4v) is 6.91. The number of carbonyl (C=O) groups is 2. The van der Waals surface area contributed by atoms with E-state index in [9.17, 15) is 9.59 Å². The van der Waals surface area contributed by atoms with E-state index < -0.39 is 36.6 Å². The van der Waals surface area contributed by atoms with E-state index in [1.807, 2.05) is 135 Å². The van der Waals surface area contributed by atoms with Crippen LogP contribution in [0.5, 0.6) is 0 Å². The summed E-state index contributed by atoms with van der Waals surface area (Å²) in [5.41, 5.74) is 4.13. The van der Waals surface area contributed by atoms with Crippen LogP contribution >= 0.6 is 0 Å². The minimum absolute atomic E-state index is 0.0924. The van der Waals surface area contributed by atoms with Crippen LogP contribution in [-0.4, -0.2) is 66.7 Å². The fourth-order valence-electron chi connectivity index (χ4n) is 6.91. The van der Waals surface area contributed by atoms with E-state index in [1.54, 1.807) is 0 Å². The standard InChI is InChI=1S/C44H51NO8/c1-32(2)37-30-52-44(47)45(37)40(46)25-15-24-38-41(49-27-34-18-9-4-10-19-34)43(51-29-36-22-13-6-14-23-36)42(50-28-35-20-11-5-12-21-35)39(53-38)31-48-26-33-16-7-3-8-17-33/h3-14,16-23,32,37-39,41-43H,15,24-31H2,1-2H3/t37-,38+,39-,41+,42+,43-/m1/s1. The van der Waals surface area contributed by atoms with Gasteiger partial charge in [0.2, 0.25) is 5.91 Å². The van der Waals surface area contributed by atoms with Crippen LogP contribution in [0, 0.1) is 5.92 Å². The molecule has 0 saturated carbocycles. The summed E-state index contributed by atoms with van der Waals surface area (Å²) in [5, 5.41) is 0. The van der Waals surface area contributed by atoms with E-state index in [2.05, 4.69) is 0 Å². The highest BCUT2D eigenvalue weighted by molar-refractivity contribution is 5.93. The van der Waals surface area contributed by atoms with Crippen molar-refractivity contribution in [2.24, 2.45) is 5.92 Å². The summed E-state index contributed by atoms with van der Waals surface area (Å²) in [6.07, 6.45) is -2.02. The highest BCUT2D eigenvalue weighted by Crippen LogP contribution is 2.33. The molecule has 2 amide bonds. The number of cyclic esters (lactones) is 1. The Morgan fingerprint density at radius 2 is 1.11 bits per heavy atom. The largest absolute Gasteiger partial charge is 0.447 e. The maximum atomic E-state index is 13.4. The lowest BCUT2D eigenvalue weighted by atomic mass is 9.91. The summed E-state index contributed by atoms with van der Waals surface area (Å²) in [4.78, 5) is 27.3. The van der Waals surface area contributed by atoms with Crippen molar-refractivity contribution in [2.45, 2.75) is 96.1 Å². The highest BCUT2D eigenvalue weighted by Gasteiger charge is 2.48. The Balaban J connectivity index is 1.26. The van der Waals surface area contributed by atoms with Gasteiger partial charge in [-0.2, -0.15) is 0 Å². The summed E-state index contributed by atoms with van der Waals surface area (Å²) in [7, 11) is 0. The molecule has 6 rings (SSSR count). The van der Waals surface area contributed by atoms with Crippen molar-refractivity contribution in [3.05, 3.63) is 144 Å². The normalized spacial score (nSPS) is 22.9. The first-order valence-electron chi connectivity index (χ1n) is 18.7. The van der Waals surface area contributed by atoms with Crippen LogP contribution in [0.1, 0.15) is 55.4 Å². The maximum Gasteiger partial charge on any atom is 0.416 e. The van der Waals surface area contributed by atoms with Gasteiger partial charge in [-0.3, -0.25) is 4.79 Å². The van der Waals surface area contributed by atoms with Crippen molar-refractivity contribution in [3.63, 3.8) is 0 Å². The number of benzene rings is 4. The molecular weight excluding hydrogens is 670 g/mol. The van der Waals surface area contributed by atoms with E-state index in [-0.39, 0.29) is 37.5 Å². The Morgan fingerprint density at radius 3 is 1.60 bits per heavy atom. The number of imide groups is 1. The molecule has 280 valence electrons. The maximum absolute atomic E-state index is 13.4. The molecular formula is C44H51NO8. The van der Waals surface area contributed by atoms with Crippen LogP contribution in [-0.2, 0) is 59.6 Å². The van der Waals surface area contributed by atoms with E-state index in [4.69, 9.17) is 28.4 Å². The van der Waals surface area contributed by atoms with Gasteiger partial charge in [0.25, 0.3) is 0 Å². The van der Waals surface area contributed by atoms with Crippen molar-refractivity contribution >= 4 is 12.0 Å². The molecule has 6 atom stereocenters. The van der Waals surface area contributed by atoms with E-state index in [0.717, 1.165) is 22.3 Å². The summed E-state index contributed by atoms with van der Waals surface area (Å²) < 4.78 is 38.8. The van der Waals surface area contributed by atoms with Crippen LogP contribution in [0.15, 0.2) is 121 Å². The lowest BCUT2D eigenvalue weighted by Gasteiger charge is -2.46. The molecule has 9 nitrogen and oxygen atoms in total. The highest BCUT2D eigenvalue weighted by atomic mass is 16.6. The van der Waals surface area contributed by atoms with Gasteiger partial charge >= 0.3 is 6.09 Å². The van der Waals surface area contributed by atoms with Crippen molar-refractivity contribution in [3.8, 4) is 0 Å². The fraction of sp³-hybridized carbons (Fsp3) is 0.409. The Labute approximate surface area is 313 Å². The lowest BCUT2D eigenvalue weighted by molar-refractivity contribution is -0.273. The Kier molecular flexibility index (Phi) is 14.2. The van der Waals surface area contributed by atoms with Crippen molar-refractivity contribution in [1.29, 1.82) is 0 Å². The molecule has 2 aliphatic heterocycles. The predicted molar refractivity (Wildman–Crippen MR) is 200 cm³/mol. The smallest absolute Gasteiger partial charge is 0.416 e. The van der Waals surface area contributed by atoms with Crippen molar-refractivity contribution < 1.29 is 38.0 Å². The molecule has 0 aromatic heterocycles. The number of carbonyl (C=O) groups excluding carboxylic acids is 2. The monoisotopic (exact) mass is 721 g/mol. The first kappa shape index (κ1) is 38.3. The topological polar surface area (TPSA) is 92.8 Å². The number of ether oxygens (including phenoxy) is 6. The zero-order valence-electron chi connectivity index (χ0n) is 30.7. The third-order valence-electron chi connectivity index (χ3n) is 9.80. The predicted octanol–water partition coefficient (Wildman–Crippen LogP) is 7.90. The van der Waals surface area contributed by atoms with E-state index >= 15 is 0 Å². The average molecular weight is 722 g/mol. The molecule has 0 bridgehead atoms. The summed E-state index contributed by atoms with van der Waals surface area (Å²) in [5.74, 6) is -0.151. The summed E-state index contributed by atoms with van der Waals surface area (Å²) >= 11 is 0. The van der Waals surface area contributed by atoms with Gasteiger partial charge < -0.3 is 28.4 Å². The van der Waals surface area contributed by atoms with Crippen LogP contribution in [0.4, 0.5) is 4.79 Å². The Hall–Kier alpha value is -4.38. The van der Waals surface area contributed by atoms with Gasteiger partial charge in [0.1, 0.15) is 31.0 Å². The van der Waals surface area contributed by atoms with Gasteiger partial charge in [-0.1, -0.05) is 135 Å². The molecule has 0 spiro atoms. The molecule has 2 fully saturated rings. The number of rotatable bonds is 18. The molecule has 4 aromatic rings. The summed E-state index contributed by atoms with van der Waals surface area (Å²) in [6.45, 7) is 5.91. The van der Waals surface area contributed by atoms with E-state index in [0.29, 0.717) is 39.3 Å². The van der Waals surface area contributed by atoms with Gasteiger partial charge in [0.15, 0.2) is 0 Å². The molecule has 9 heteroatoms. The number of hydrogen-bond donors (Lipinski definition) is 0. The van der Waals surface area contributed by atoms with Gasteiger partial charge in [-0.25, -0.2) is 9.69 Å². The van der Waals surface area contributed by atoms with Crippen LogP contribution < -0.4 is 0 Å². The molecule has 0 unspecified atom stereocenters. The summed E-state index contributed by atoms with van der Waals surface area (Å²) in [6, 6.07) is 39.9. The molecule has 2 aliphatic rings. The zero-order chi connectivity index (χ0) is 36.8. The minimum atomic E-state index is -0.574. The molecule has 2 heterocycles. The van der Waals surface area contributed by atoms with Crippen LogP contribution in [0.2, 0.25) is 0 Å². The first-order chi connectivity index (χ1) is 26.0. The van der Waals surface area contributed by atoms with Gasteiger partial charge in [-0.05, 0) is 41.0 Å². The second kappa shape index (κ2) is 19.6. The van der Waals surface area contributed by atoms with Crippen LogP contribution in [0.25, 0.3) is 0 Å². The molecule has 2 saturated heterocycles. The second-order valence-electron chi connectivity index (χ2n) is 14.0.